The molecule has 7 heteroatoms. The van der Waals surface area contributed by atoms with Gasteiger partial charge in [0.2, 0.25) is 5.76 Å². The van der Waals surface area contributed by atoms with Crippen molar-refractivity contribution in [1.29, 1.82) is 0 Å². The van der Waals surface area contributed by atoms with Crippen molar-refractivity contribution >= 4 is 17.9 Å². The van der Waals surface area contributed by atoms with Crippen LogP contribution in [0.15, 0.2) is 36.4 Å². The van der Waals surface area contributed by atoms with Gasteiger partial charge in [0, 0.05) is 12.6 Å². The third-order valence-electron chi connectivity index (χ3n) is 2.86. The Balaban J connectivity index is 1.78. The van der Waals surface area contributed by atoms with E-state index in [-0.39, 0.29) is 12.0 Å². The summed E-state index contributed by atoms with van der Waals surface area (Å²) in [5.41, 5.74) is 6.24. The van der Waals surface area contributed by atoms with Crippen molar-refractivity contribution in [3.8, 4) is 0 Å². The van der Waals surface area contributed by atoms with Crippen LogP contribution in [0.3, 0.4) is 0 Å². The standard InChI is InChI=1S/C14H19N3O3S/c15-14(18)12(20-13-6-2-4-8-19-13)9-17-21-10-11-5-1-3-7-16-11/h1,3,5,7,9,13,17H,2,4,6,8,10H2,(H2,15,18)/b12-9+. The van der Waals surface area contributed by atoms with Gasteiger partial charge < -0.3 is 19.9 Å². The SMILES string of the molecule is NC(=O)/C(=C\NSCc1ccccn1)OC1CCCCO1. The van der Waals surface area contributed by atoms with Gasteiger partial charge in [-0.15, -0.1) is 0 Å². The minimum Gasteiger partial charge on any atom is -0.458 e. The number of nitrogens with zero attached hydrogens (tertiary/aromatic N) is 1. The molecule has 21 heavy (non-hydrogen) atoms. The van der Waals surface area contributed by atoms with Gasteiger partial charge in [0.1, 0.15) is 0 Å². The molecule has 1 amide bonds. The lowest BCUT2D eigenvalue weighted by Gasteiger charge is -2.23. The molecule has 1 atom stereocenters. The Kier molecular flexibility index (Phi) is 6.36. The summed E-state index contributed by atoms with van der Waals surface area (Å²) >= 11 is 1.40. The zero-order valence-electron chi connectivity index (χ0n) is 11.7. The van der Waals surface area contributed by atoms with Gasteiger partial charge in [-0.25, -0.2) is 0 Å². The Bertz CT molecular complexity index is 476. The van der Waals surface area contributed by atoms with Crippen molar-refractivity contribution in [2.45, 2.75) is 31.3 Å². The number of pyridine rings is 1. The Morgan fingerprint density at radius 2 is 2.48 bits per heavy atom. The lowest BCUT2D eigenvalue weighted by molar-refractivity contribution is -0.149. The van der Waals surface area contributed by atoms with Gasteiger partial charge in [-0.3, -0.25) is 9.78 Å². The number of hydrogen-bond donors (Lipinski definition) is 2. The van der Waals surface area contributed by atoms with Gasteiger partial charge in [0.15, 0.2) is 6.29 Å². The van der Waals surface area contributed by atoms with Crippen LogP contribution in [-0.4, -0.2) is 23.8 Å². The molecular weight excluding hydrogens is 290 g/mol. The average Bonchev–Trinajstić information content (AvgIpc) is 2.52. The van der Waals surface area contributed by atoms with Crippen molar-refractivity contribution in [2.75, 3.05) is 6.61 Å². The lowest BCUT2D eigenvalue weighted by atomic mass is 10.2. The van der Waals surface area contributed by atoms with E-state index in [0.29, 0.717) is 12.4 Å². The molecule has 0 aromatic carbocycles. The van der Waals surface area contributed by atoms with Crippen LogP contribution in [0.2, 0.25) is 0 Å². The fourth-order valence-electron chi connectivity index (χ4n) is 1.80. The quantitative estimate of drug-likeness (QED) is 0.345. The van der Waals surface area contributed by atoms with E-state index in [1.807, 2.05) is 18.2 Å². The number of hydrogen-bond acceptors (Lipinski definition) is 6. The summed E-state index contributed by atoms with van der Waals surface area (Å²) in [5.74, 6) is 0.133. The van der Waals surface area contributed by atoms with E-state index in [9.17, 15) is 4.79 Å². The lowest BCUT2D eigenvalue weighted by Crippen LogP contribution is -2.27. The van der Waals surface area contributed by atoms with E-state index in [4.69, 9.17) is 15.2 Å². The molecule has 1 fully saturated rings. The normalized spacial score (nSPS) is 19.0. The summed E-state index contributed by atoms with van der Waals surface area (Å²) in [5, 5.41) is 0. The fraction of sp³-hybridized carbons (Fsp3) is 0.429. The van der Waals surface area contributed by atoms with Gasteiger partial charge >= 0.3 is 0 Å². The van der Waals surface area contributed by atoms with E-state index >= 15 is 0 Å². The van der Waals surface area contributed by atoms with Crippen molar-refractivity contribution in [1.82, 2.24) is 9.71 Å². The molecule has 114 valence electrons. The molecular formula is C14H19N3O3S. The number of rotatable bonds is 7. The second kappa shape index (κ2) is 8.53. The first-order chi connectivity index (χ1) is 10.3. The average molecular weight is 309 g/mol. The Labute approximate surface area is 128 Å². The summed E-state index contributed by atoms with van der Waals surface area (Å²) in [4.78, 5) is 15.5. The Hall–Kier alpha value is -1.73. The molecule has 2 heterocycles. The molecule has 1 aliphatic rings. The van der Waals surface area contributed by atoms with Crippen LogP contribution < -0.4 is 10.5 Å². The number of nitrogens with two attached hydrogens (primary N) is 1. The largest absolute Gasteiger partial charge is 0.458 e. The number of ether oxygens (including phenoxy) is 2. The zero-order valence-corrected chi connectivity index (χ0v) is 12.5. The smallest absolute Gasteiger partial charge is 0.285 e. The molecule has 0 saturated carbocycles. The van der Waals surface area contributed by atoms with Crippen molar-refractivity contribution in [3.63, 3.8) is 0 Å². The number of amides is 1. The topological polar surface area (TPSA) is 86.5 Å². The van der Waals surface area contributed by atoms with Gasteiger partial charge in [-0.2, -0.15) is 0 Å². The van der Waals surface area contributed by atoms with Crippen molar-refractivity contribution < 1.29 is 14.3 Å². The molecule has 0 aliphatic carbocycles. The predicted octanol–water partition coefficient (Wildman–Crippen LogP) is 1.69. The zero-order chi connectivity index (χ0) is 14.9. The first-order valence-electron chi connectivity index (χ1n) is 6.81. The molecule has 1 saturated heterocycles. The first kappa shape index (κ1) is 15.7. The molecule has 1 aromatic heterocycles. The number of carbonyl (C=O) groups is 1. The van der Waals surface area contributed by atoms with E-state index in [2.05, 4.69) is 9.71 Å². The highest BCUT2D eigenvalue weighted by Gasteiger charge is 2.18. The molecule has 1 unspecified atom stereocenters. The van der Waals surface area contributed by atoms with E-state index in [1.54, 1.807) is 6.20 Å². The highest BCUT2D eigenvalue weighted by Crippen LogP contribution is 2.16. The fourth-order valence-corrected chi connectivity index (χ4v) is 2.40. The minimum absolute atomic E-state index is 0.0791. The second-order valence-corrected chi connectivity index (χ2v) is 5.33. The number of nitrogens with one attached hydrogen (secondary N) is 1. The molecule has 0 radical (unpaired) electrons. The molecule has 2 rings (SSSR count). The maximum Gasteiger partial charge on any atom is 0.285 e. The van der Waals surface area contributed by atoms with Gasteiger partial charge in [0.05, 0.1) is 24.3 Å². The highest BCUT2D eigenvalue weighted by molar-refractivity contribution is 7.96. The number of aromatic nitrogens is 1. The van der Waals surface area contributed by atoms with Crippen LogP contribution in [0, 0.1) is 0 Å². The Morgan fingerprint density at radius 3 is 3.14 bits per heavy atom. The molecule has 1 aliphatic heterocycles. The molecule has 0 spiro atoms. The molecule has 0 bridgehead atoms. The second-order valence-electron chi connectivity index (χ2n) is 4.51. The predicted molar refractivity (Wildman–Crippen MR) is 80.6 cm³/mol. The number of carbonyl (C=O) groups excluding carboxylic acids is 1. The monoisotopic (exact) mass is 309 g/mol. The minimum atomic E-state index is -0.616. The Morgan fingerprint density at radius 1 is 1.57 bits per heavy atom. The third-order valence-corrected chi connectivity index (χ3v) is 3.58. The molecule has 6 nitrogen and oxygen atoms in total. The molecule has 3 N–H and O–H groups in total. The van der Waals surface area contributed by atoms with Crippen molar-refractivity contribution in [3.05, 3.63) is 42.0 Å². The first-order valence-corrected chi connectivity index (χ1v) is 7.80. The summed E-state index contributed by atoms with van der Waals surface area (Å²) in [7, 11) is 0. The summed E-state index contributed by atoms with van der Waals surface area (Å²) < 4.78 is 13.8. The van der Waals surface area contributed by atoms with E-state index < -0.39 is 5.91 Å². The van der Waals surface area contributed by atoms with Gasteiger partial charge in [-0.1, -0.05) is 6.07 Å². The maximum atomic E-state index is 11.3. The molecule has 1 aromatic rings. The summed E-state index contributed by atoms with van der Waals surface area (Å²) in [6.07, 6.45) is 5.63. The van der Waals surface area contributed by atoms with Crippen LogP contribution in [0.5, 0.6) is 0 Å². The van der Waals surface area contributed by atoms with E-state index in [1.165, 1.54) is 18.1 Å². The number of primary amides is 1. The van der Waals surface area contributed by atoms with Crippen LogP contribution in [0.25, 0.3) is 0 Å². The van der Waals surface area contributed by atoms with Crippen LogP contribution in [0.1, 0.15) is 25.0 Å². The maximum absolute atomic E-state index is 11.3. The van der Waals surface area contributed by atoms with Gasteiger partial charge in [0.25, 0.3) is 5.91 Å². The van der Waals surface area contributed by atoms with Crippen LogP contribution >= 0.6 is 11.9 Å². The van der Waals surface area contributed by atoms with Crippen molar-refractivity contribution in [2.24, 2.45) is 5.73 Å². The summed E-state index contributed by atoms with van der Waals surface area (Å²) in [6.45, 7) is 0.651. The summed E-state index contributed by atoms with van der Waals surface area (Å²) in [6, 6.07) is 5.72. The van der Waals surface area contributed by atoms with Gasteiger partial charge in [-0.05, 0) is 36.9 Å². The van der Waals surface area contributed by atoms with Crippen LogP contribution in [0.4, 0.5) is 0 Å². The van der Waals surface area contributed by atoms with E-state index in [0.717, 1.165) is 25.0 Å². The highest BCUT2D eigenvalue weighted by atomic mass is 32.2. The van der Waals surface area contributed by atoms with Crippen LogP contribution in [-0.2, 0) is 20.0 Å². The third kappa shape index (κ3) is 5.65.